The SMILES string of the molecule is CC(CN=C(N)Nc1ccc2c(c1)CCC2)c1nc(-c2ccccc2)no1. The Kier molecular flexibility index (Phi) is 4.87. The smallest absolute Gasteiger partial charge is 0.231 e. The lowest BCUT2D eigenvalue weighted by Crippen LogP contribution is -2.23. The number of hydrogen-bond acceptors (Lipinski definition) is 4. The van der Waals surface area contributed by atoms with Crippen LogP contribution in [0.25, 0.3) is 11.4 Å². The van der Waals surface area contributed by atoms with Gasteiger partial charge < -0.3 is 15.6 Å². The third kappa shape index (κ3) is 4.00. The Balaban J connectivity index is 1.38. The highest BCUT2D eigenvalue weighted by Gasteiger charge is 2.15. The topological polar surface area (TPSA) is 89.3 Å². The summed E-state index contributed by atoms with van der Waals surface area (Å²) in [4.78, 5) is 8.90. The molecule has 1 aliphatic carbocycles. The van der Waals surface area contributed by atoms with Crippen LogP contribution in [-0.4, -0.2) is 22.6 Å². The van der Waals surface area contributed by atoms with Gasteiger partial charge in [-0.2, -0.15) is 4.98 Å². The lowest BCUT2D eigenvalue weighted by atomic mass is 10.1. The summed E-state index contributed by atoms with van der Waals surface area (Å²) in [6.45, 7) is 2.47. The summed E-state index contributed by atoms with van der Waals surface area (Å²) >= 11 is 0. The molecular formula is C21H23N5O. The summed E-state index contributed by atoms with van der Waals surface area (Å²) in [5, 5.41) is 7.22. The van der Waals surface area contributed by atoms with Crippen LogP contribution in [0.3, 0.4) is 0 Å². The van der Waals surface area contributed by atoms with Crippen molar-refractivity contribution in [1.82, 2.24) is 10.1 Å². The van der Waals surface area contributed by atoms with E-state index in [1.807, 2.05) is 37.3 Å². The number of nitrogens with two attached hydrogens (primary N) is 1. The Bertz CT molecular complexity index is 948. The second kappa shape index (κ2) is 7.61. The van der Waals surface area contributed by atoms with Gasteiger partial charge in [0.1, 0.15) is 0 Å². The van der Waals surface area contributed by atoms with Gasteiger partial charge >= 0.3 is 0 Å². The number of aryl methyl sites for hydroxylation is 2. The minimum atomic E-state index is -0.0182. The van der Waals surface area contributed by atoms with E-state index >= 15 is 0 Å². The number of rotatable bonds is 5. The number of fused-ring (bicyclic) bond motifs is 1. The summed E-state index contributed by atoms with van der Waals surface area (Å²) in [6, 6.07) is 16.2. The Morgan fingerprint density at radius 1 is 1.19 bits per heavy atom. The molecule has 6 nitrogen and oxygen atoms in total. The molecule has 0 fully saturated rings. The summed E-state index contributed by atoms with van der Waals surface area (Å²) in [5.74, 6) is 1.52. The number of guanidine groups is 1. The summed E-state index contributed by atoms with van der Waals surface area (Å²) < 4.78 is 5.39. The minimum absolute atomic E-state index is 0.0182. The standard InChI is InChI=1S/C21H23N5O/c1-14(20-25-19(26-27-20)16-6-3-2-4-7-16)13-23-21(22)24-18-11-10-15-8-5-9-17(15)12-18/h2-4,6-7,10-12,14H,5,8-9,13H2,1H3,(H3,22,23,24). The Labute approximate surface area is 158 Å². The average molecular weight is 361 g/mol. The molecule has 27 heavy (non-hydrogen) atoms. The zero-order valence-corrected chi connectivity index (χ0v) is 15.4. The summed E-state index contributed by atoms with van der Waals surface area (Å²) in [7, 11) is 0. The maximum Gasteiger partial charge on any atom is 0.231 e. The van der Waals surface area contributed by atoms with Gasteiger partial charge in [-0.25, -0.2) is 0 Å². The number of nitrogens with zero attached hydrogens (tertiary/aromatic N) is 3. The Morgan fingerprint density at radius 3 is 2.85 bits per heavy atom. The van der Waals surface area contributed by atoms with E-state index in [1.54, 1.807) is 0 Å². The van der Waals surface area contributed by atoms with Crippen molar-refractivity contribution < 1.29 is 4.52 Å². The molecule has 0 aliphatic heterocycles. The van der Waals surface area contributed by atoms with E-state index in [-0.39, 0.29) is 5.92 Å². The van der Waals surface area contributed by atoms with E-state index in [1.165, 1.54) is 24.0 Å². The van der Waals surface area contributed by atoms with Crippen LogP contribution >= 0.6 is 0 Å². The van der Waals surface area contributed by atoms with Crippen LogP contribution in [0.5, 0.6) is 0 Å². The molecule has 1 heterocycles. The molecule has 1 aliphatic rings. The van der Waals surface area contributed by atoms with Crippen molar-refractivity contribution in [3.8, 4) is 11.4 Å². The number of nitrogens with one attached hydrogen (secondary N) is 1. The largest absolute Gasteiger partial charge is 0.370 e. The number of aromatic nitrogens is 2. The molecule has 3 aromatic rings. The van der Waals surface area contributed by atoms with Gasteiger partial charge in [-0.3, -0.25) is 4.99 Å². The first-order valence-corrected chi connectivity index (χ1v) is 9.27. The number of anilines is 1. The molecule has 0 saturated carbocycles. The lowest BCUT2D eigenvalue weighted by molar-refractivity contribution is 0.361. The molecule has 0 saturated heterocycles. The van der Waals surface area contributed by atoms with E-state index < -0.39 is 0 Å². The van der Waals surface area contributed by atoms with Gasteiger partial charge in [0, 0.05) is 11.3 Å². The molecule has 3 N–H and O–H groups in total. The van der Waals surface area contributed by atoms with Crippen LogP contribution in [0.2, 0.25) is 0 Å². The van der Waals surface area contributed by atoms with Crippen molar-refractivity contribution in [2.24, 2.45) is 10.7 Å². The van der Waals surface area contributed by atoms with Crippen molar-refractivity contribution in [2.45, 2.75) is 32.1 Å². The zero-order chi connectivity index (χ0) is 18.6. The molecule has 1 unspecified atom stereocenters. The van der Waals surface area contributed by atoms with Crippen LogP contribution in [0.4, 0.5) is 5.69 Å². The van der Waals surface area contributed by atoms with Crippen LogP contribution < -0.4 is 11.1 Å². The van der Waals surface area contributed by atoms with E-state index in [0.29, 0.717) is 24.2 Å². The molecule has 0 bridgehead atoms. The fourth-order valence-corrected chi connectivity index (χ4v) is 3.29. The van der Waals surface area contributed by atoms with Crippen molar-refractivity contribution in [3.05, 3.63) is 65.5 Å². The molecule has 6 heteroatoms. The first kappa shape index (κ1) is 17.3. The highest BCUT2D eigenvalue weighted by atomic mass is 16.5. The Hall–Kier alpha value is -3.15. The average Bonchev–Trinajstić information content (AvgIpc) is 3.36. The number of aliphatic imine (C=N–C) groups is 1. The Morgan fingerprint density at radius 2 is 2.00 bits per heavy atom. The molecule has 4 rings (SSSR count). The van der Waals surface area contributed by atoms with Gasteiger partial charge in [0.05, 0.1) is 12.5 Å². The minimum Gasteiger partial charge on any atom is -0.370 e. The molecule has 0 spiro atoms. The second-order valence-corrected chi connectivity index (χ2v) is 6.91. The first-order valence-electron chi connectivity index (χ1n) is 9.27. The third-order valence-corrected chi connectivity index (χ3v) is 4.80. The molecule has 1 aromatic heterocycles. The predicted octanol–water partition coefficient (Wildman–Crippen LogP) is 3.76. The van der Waals surface area contributed by atoms with Gasteiger partial charge in [0.15, 0.2) is 5.96 Å². The maximum absolute atomic E-state index is 6.05. The van der Waals surface area contributed by atoms with E-state index in [0.717, 1.165) is 17.7 Å². The number of hydrogen-bond donors (Lipinski definition) is 2. The lowest BCUT2D eigenvalue weighted by Gasteiger charge is -2.09. The van der Waals surface area contributed by atoms with Gasteiger partial charge in [0.25, 0.3) is 0 Å². The van der Waals surface area contributed by atoms with Crippen LogP contribution in [0.15, 0.2) is 58.0 Å². The van der Waals surface area contributed by atoms with Crippen molar-refractivity contribution in [3.63, 3.8) is 0 Å². The fraction of sp³-hybridized carbons (Fsp3) is 0.286. The maximum atomic E-state index is 6.05. The molecular weight excluding hydrogens is 338 g/mol. The summed E-state index contributed by atoms with van der Waals surface area (Å²) in [6.07, 6.45) is 3.54. The van der Waals surface area contributed by atoms with Crippen LogP contribution in [0.1, 0.15) is 36.3 Å². The van der Waals surface area contributed by atoms with E-state index in [2.05, 4.69) is 38.6 Å². The summed E-state index contributed by atoms with van der Waals surface area (Å²) in [5.41, 5.74) is 10.8. The third-order valence-electron chi connectivity index (χ3n) is 4.80. The highest BCUT2D eigenvalue weighted by molar-refractivity contribution is 5.92. The molecule has 2 aromatic carbocycles. The van der Waals surface area contributed by atoms with Crippen molar-refractivity contribution in [1.29, 1.82) is 0 Å². The molecule has 0 amide bonds. The quantitative estimate of drug-likeness (QED) is 0.533. The predicted molar refractivity (Wildman–Crippen MR) is 107 cm³/mol. The first-order chi connectivity index (χ1) is 13.2. The molecule has 1 atom stereocenters. The number of benzene rings is 2. The van der Waals surface area contributed by atoms with E-state index in [4.69, 9.17) is 10.3 Å². The van der Waals surface area contributed by atoms with Gasteiger partial charge in [-0.15, -0.1) is 0 Å². The van der Waals surface area contributed by atoms with Gasteiger partial charge in [-0.1, -0.05) is 48.5 Å². The van der Waals surface area contributed by atoms with Gasteiger partial charge in [-0.05, 0) is 42.5 Å². The normalized spacial score (nSPS) is 14.8. The fourth-order valence-electron chi connectivity index (χ4n) is 3.29. The van der Waals surface area contributed by atoms with Crippen LogP contribution in [-0.2, 0) is 12.8 Å². The highest BCUT2D eigenvalue weighted by Crippen LogP contribution is 2.25. The molecule has 0 radical (unpaired) electrons. The second-order valence-electron chi connectivity index (χ2n) is 6.91. The zero-order valence-electron chi connectivity index (χ0n) is 15.4. The van der Waals surface area contributed by atoms with Crippen molar-refractivity contribution >= 4 is 11.6 Å². The molecule has 138 valence electrons. The van der Waals surface area contributed by atoms with Crippen LogP contribution in [0, 0.1) is 0 Å². The van der Waals surface area contributed by atoms with Gasteiger partial charge in [0.2, 0.25) is 11.7 Å². The van der Waals surface area contributed by atoms with E-state index in [9.17, 15) is 0 Å². The van der Waals surface area contributed by atoms with Crippen molar-refractivity contribution in [2.75, 3.05) is 11.9 Å². The monoisotopic (exact) mass is 361 g/mol.